The van der Waals surface area contributed by atoms with Crippen molar-refractivity contribution in [3.8, 4) is 0 Å². The molecule has 0 saturated carbocycles. The van der Waals surface area contributed by atoms with Crippen LogP contribution in [0.2, 0.25) is 0 Å². The lowest BCUT2D eigenvalue weighted by Gasteiger charge is -2.22. The Morgan fingerprint density at radius 3 is 2.31 bits per heavy atom. The summed E-state index contributed by atoms with van der Waals surface area (Å²) in [6.45, 7) is 1.26. The van der Waals surface area contributed by atoms with Crippen molar-refractivity contribution in [3.05, 3.63) is 0 Å². The van der Waals surface area contributed by atoms with Gasteiger partial charge in [0.2, 0.25) is 5.91 Å². The molecule has 0 aromatic heterocycles. The molecule has 13 heavy (non-hydrogen) atoms. The first kappa shape index (κ1) is 12.2. The minimum Gasteiger partial charge on any atom is -0.368 e. The fourth-order valence-corrected chi connectivity index (χ4v) is 0.714. The second-order valence-corrected chi connectivity index (χ2v) is 2.92. The molecule has 0 saturated heterocycles. The van der Waals surface area contributed by atoms with E-state index in [-0.39, 0.29) is 6.54 Å². The van der Waals surface area contributed by atoms with Crippen LogP contribution in [0.5, 0.6) is 0 Å². The summed E-state index contributed by atoms with van der Waals surface area (Å²) in [5.74, 6) is -0.621. The predicted octanol–water partition coefficient (Wildman–Crippen LogP) is 0.744. The van der Waals surface area contributed by atoms with Crippen molar-refractivity contribution in [3.63, 3.8) is 0 Å². The van der Waals surface area contributed by atoms with Gasteiger partial charge in [-0.05, 0) is 14.0 Å². The molecule has 2 N–H and O–H groups in total. The Kier molecular flexibility index (Phi) is 4.19. The third kappa shape index (κ3) is 5.46. The number of carbonyl (C=O) groups is 1. The van der Waals surface area contributed by atoms with Gasteiger partial charge in [-0.1, -0.05) is 0 Å². The zero-order chi connectivity index (χ0) is 10.6. The first-order valence-electron chi connectivity index (χ1n) is 3.80. The van der Waals surface area contributed by atoms with Crippen molar-refractivity contribution in [2.75, 3.05) is 13.6 Å². The normalized spacial score (nSPS) is 14.6. The molecule has 0 aliphatic rings. The van der Waals surface area contributed by atoms with Gasteiger partial charge in [0.25, 0.3) is 0 Å². The van der Waals surface area contributed by atoms with Crippen molar-refractivity contribution >= 4 is 5.91 Å². The number of nitrogens with two attached hydrogens (primary N) is 1. The molecule has 6 heteroatoms. The third-order valence-electron chi connectivity index (χ3n) is 1.82. The highest BCUT2D eigenvalue weighted by Crippen LogP contribution is 2.19. The largest absolute Gasteiger partial charge is 0.390 e. The number of halogens is 3. The molecule has 0 bridgehead atoms. The van der Waals surface area contributed by atoms with E-state index in [9.17, 15) is 18.0 Å². The predicted molar refractivity (Wildman–Crippen MR) is 42.0 cm³/mol. The van der Waals surface area contributed by atoms with Crippen LogP contribution in [0, 0.1) is 0 Å². The highest BCUT2D eigenvalue weighted by molar-refractivity contribution is 5.79. The monoisotopic (exact) mass is 198 g/mol. The van der Waals surface area contributed by atoms with Gasteiger partial charge in [0, 0.05) is 6.54 Å². The van der Waals surface area contributed by atoms with Crippen molar-refractivity contribution in [1.82, 2.24) is 4.90 Å². The van der Waals surface area contributed by atoms with Gasteiger partial charge in [-0.2, -0.15) is 13.2 Å². The van der Waals surface area contributed by atoms with Gasteiger partial charge < -0.3 is 5.73 Å². The molecule has 0 fully saturated rings. The van der Waals surface area contributed by atoms with E-state index in [4.69, 9.17) is 5.73 Å². The molecule has 78 valence electrons. The van der Waals surface area contributed by atoms with E-state index >= 15 is 0 Å². The fourth-order valence-electron chi connectivity index (χ4n) is 0.714. The summed E-state index contributed by atoms with van der Waals surface area (Å²) in [4.78, 5) is 11.8. The van der Waals surface area contributed by atoms with Crippen molar-refractivity contribution in [2.24, 2.45) is 5.73 Å². The molecule has 0 aliphatic carbocycles. The smallest absolute Gasteiger partial charge is 0.368 e. The maximum absolute atomic E-state index is 11.7. The van der Waals surface area contributed by atoms with Crippen LogP contribution in [0.3, 0.4) is 0 Å². The van der Waals surface area contributed by atoms with Crippen LogP contribution in [0.25, 0.3) is 0 Å². The Morgan fingerprint density at radius 2 is 2.00 bits per heavy atom. The first-order chi connectivity index (χ1) is 5.74. The first-order valence-corrected chi connectivity index (χ1v) is 3.80. The van der Waals surface area contributed by atoms with Gasteiger partial charge in [0.1, 0.15) is 0 Å². The standard InChI is InChI=1S/C7H13F3N2O/c1-5(6(11)13)12(2)4-3-7(8,9)10/h5H,3-4H2,1-2H3,(H2,11,13). The van der Waals surface area contributed by atoms with Crippen LogP contribution in [0.15, 0.2) is 0 Å². The Bertz CT molecular complexity index is 181. The molecule has 3 nitrogen and oxygen atoms in total. The Balaban J connectivity index is 3.88. The zero-order valence-corrected chi connectivity index (χ0v) is 7.56. The fraction of sp³-hybridized carbons (Fsp3) is 0.857. The van der Waals surface area contributed by atoms with Gasteiger partial charge in [-0.3, -0.25) is 9.69 Å². The number of nitrogens with zero attached hydrogens (tertiary/aromatic N) is 1. The van der Waals surface area contributed by atoms with Crippen LogP contribution >= 0.6 is 0 Å². The van der Waals surface area contributed by atoms with Crippen LogP contribution in [-0.4, -0.2) is 36.6 Å². The lowest BCUT2D eigenvalue weighted by Crippen LogP contribution is -2.41. The third-order valence-corrected chi connectivity index (χ3v) is 1.82. The van der Waals surface area contributed by atoms with Gasteiger partial charge in [0.05, 0.1) is 12.5 Å². The van der Waals surface area contributed by atoms with E-state index in [1.54, 1.807) is 0 Å². The van der Waals surface area contributed by atoms with E-state index < -0.39 is 24.5 Å². The lowest BCUT2D eigenvalue weighted by molar-refractivity contribution is -0.140. The van der Waals surface area contributed by atoms with Gasteiger partial charge >= 0.3 is 6.18 Å². The summed E-state index contributed by atoms with van der Waals surface area (Å²) < 4.78 is 35.2. The molecule has 1 atom stereocenters. The molecule has 1 unspecified atom stereocenters. The highest BCUT2D eigenvalue weighted by atomic mass is 19.4. The molecule has 0 aromatic rings. The summed E-state index contributed by atoms with van der Waals surface area (Å²) >= 11 is 0. The molecule has 0 rings (SSSR count). The number of likely N-dealkylation sites (N-methyl/N-ethyl adjacent to an activating group) is 1. The Hall–Kier alpha value is -0.780. The number of hydrogen-bond donors (Lipinski definition) is 1. The summed E-state index contributed by atoms with van der Waals surface area (Å²) in [5, 5.41) is 0. The molecular weight excluding hydrogens is 185 g/mol. The molecule has 1 amide bonds. The zero-order valence-electron chi connectivity index (χ0n) is 7.56. The second-order valence-electron chi connectivity index (χ2n) is 2.92. The van der Waals surface area contributed by atoms with Gasteiger partial charge in [-0.15, -0.1) is 0 Å². The number of amides is 1. The molecule has 0 aromatic carbocycles. The number of primary amides is 1. The summed E-state index contributed by atoms with van der Waals surface area (Å²) in [7, 11) is 1.43. The molecule has 0 radical (unpaired) electrons. The van der Waals surface area contributed by atoms with E-state index in [0.717, 1.165) is 0 Å². The van der Waals surface area contributed by atoms with Crippen molar-refractivity contribution in [2.45, 2.75) is 25.6 Å². The van der Waals surface area contributed by atoms with E-state index in [0.29, 0.717) is 0 Å². The SMILES string of the molecule is CC(C(N)=O)N(C)CCC(F)(F)F. The lowest BCUT2D eigenvalue weighted by atomic mass is 10.2. The maximum atomic E-state index is 11.7. The summed E-state index contributed by atoms with van der Waals surface area (Å²) in [6, 6.07) is -0.664. The maximum Gasteiger partial charge on any atom is 0.390 e. The summed E-state index contributed by atoms with van der Waals surface area (Å²) in [5.41, 5.74) is 4.91. The number of alkyl halides is 3. The van der Waals surface area contributed by atoms with Crippen LogP contribution in [-0.2, 0) is 4.79 Å². The number of hydrogen-bond acceptors (Lipinski definition) is 2. The van der Waals surface area contributed by atoms with Crippen LogP contribution < -0.4 is 5.73 Å². The van der Waals surface area contributed by atoms with E-state index in [1.807, 2.05) is 0 Å². The molecule has 0 spiro atoms. The quantitative estimate of drug-likeness (QED) is 0.724. The number of rotatable bonds is 4. The second kappa shape index (κ2) is 4.45. The Labute approximate surface area is 74.7 Å². The Morgan fingerprint density at radius 1 is 1.54 bits per heavy atom. The summed E-state index contributed by atoms with van der Waals surface area (Å²) in [6.07, 6.45) is -5.12. The van der Waals surface area contributed by atoms with Crippen molar-refractivity contribution in [1.29, 1.82) is 0 Å². The topological polar surface area (TPSA) is 46.3 Å². The average molecular weight is 198 g/mol. The molecule has 0 aliphatic heterocycles. The van der Waals surface area contributed by atoms with E-state index in [1.165, 1.54) is 18.9 Å². The molecule has 0 heterocycles. The molecular formula is C7H13F3N2O. The minimum atomic E-state index is -4.19. The van der Waals surface area contributed by atoms with Gasteiger partial charge in [-0.25, -0.2) is 0 Å². The highest BCUT2D eigenvalue weighted by Gasteiger charge is 2.28. The van der Waals surface area contributed by atoms with Crippen molar-refractivity contribution < 1.29 is 18.0 Å². The van der Waals surface area contributed by atoms with Crippen LogP contribution in [0.4, 0.5) is 13.2 Å². The van der Waals surface area contributed by atoms with E-state index in [2.05, 4.69) is 0 Å². The number of carbonyl (C=O) groups excluding carboxylic acids is 1. The average Bonchev–Trinajstić information content (AvgIpc) is 1.97. The van der Waals surface area contributed by atoms with Crippen LogP contribution in [0.1, 0.15) is 13.3 Å². The van der Waals surface area contributed by atoms with Gasteiger partial charge in [0.15, 0.2) is 0 Å². The minimum absolute atomic E-state index is 0.215.